The summed E-state index contributed by atoms with van der Waals surface area (Å²) in [5.74, 6) is -0.519. The van der Waals surface area contributed by atoms with Gasteiger partial charge in [-0.2, -0.15) is 0 Å². The molecule has 6 aromatic carbocycles. The van der Waals surface area contributed by atoms with Crippen molar-refractivity contribution in [1.29, 1.82) is 0 Å². The first kappa shape index (κ1) is 22.8. The highest BCUT2D eigenvalue weighted by atomic mass is 16.3. The topological polar surface area (TPSA) is 50.9 Å². The van der Waals surface area contributed by atoms with E-state index < -0.39 is 109 Å². The molecule has 0 radical (unpaired) electrons. The zero-order valence-corrected chi connectivity index (χ0v) is 33.6. The molecule has 0 saturated heterocycles. The van der Waals surface area contributed by atoms with Crippen LogP contribution in [0.3, 0.4) is 0 Å². The van der Waals surface area contributed by atoms with Gasteiger partial charge >= 0.3 is 0 Å². The van der Waals surface area contributed by atoms with Gasteiger partial charge in [0, 0.05) is 39.3 Å². The molecule has 0 unspecified atom stereocenters. The number of imidazole rings is 1. The van der Waals surface area contributed by atoms with Crippen LogP contribution in [0.5, 0.6) is 5.75 Å². The second kappa shape index (κ2) is 14.8. The summed E-state index contributed by atoms with van der Waals surface area (Å²) < 4.78 is 165. The first-order valence-electron chi connectivity index (χ1n) is 28.7. The van der Waals surface area contributed by atoms with Crippen LogP contribution in [-0.4, -0.2) is 19.6 Å². The predicted octanol–water partition coefficient (Wildman–Crippen LogP) is 14.7. The highest BCUT2D eigenvalue weighted by Crippen LogP contribution is 2.43. The lowest BCUT2D eigenvalue weighted by Gasteiger charge is -2.23. The Morgan fingerprint density at radius 2 is 1.27 bits per heavy atom. The van der Waals surface area contributed by atoms with Gasteiger partial charge in [0.2, 0.25) is 0 Å². The number of para-hydroxylation sites is 1. The minimum absolute atomic E-state index is 0.0331. The van der Waals surface area contributed by atoms with Gasteiger partial charge in [-0.05, 0) is 117 Å². The second-order valence-electron chi connectivity index (χ2n) is 16.8. The Kier molecular flexibility index (Phi) is 5.73. The normalized spacial score (nSPS) is 17.8. The van der Waals surface area contributed by atoms with E-state index in [1.165, 1.54) is 0 Å². The van der Waals surface area contributed by atoms with Crippen LogP contribution in [0.4, 0.5) is 0 Å². The molecule has 0 aliphatic carbocycles. The summed E-state index contributed by atoms with van der Waals surface area (Å²) in [5.41, 5.74) is -1.80. The van der Waals surface area contributed by atoms with Crippen molar-refractivity contribution in [2.45, 2.75) is 85.2 Å². The minimum Gasteiger partial charge on any atom is -0.507 e. The standard InChI is InChI=1S/C55H55N3O/c1-35-19-21-36(22-20-35)38-27-28-56-47(32-38)40-29-39(30-43(31-40)55(8,9)10)44-17-14-18-49-51(44)57-52(46-34-42(54(5,6)7)24-26-50(46)59)58(49)48-25-23-41(53(2,3)4)33-45(48)37-15-12-11-13-16-37/h11-34,59H,1-10H3/i1D3,5D3,6D3,7D3,19D,20D,21D,22D,27D,28D,32D. The molecule has 2 heterocycles. The second-order valence-corrected chi connectivity index (χ2v) is 16.8. The molecule has 0 bridgehead atoms. The largest absolute Gasteiger partial charge is 0.507 e. The fourth-order valence-corrected chi connectivity index (χ4v) is 7.12. The average molecular weight is 793 g/mol. The van der Waals surface area contributed by atoms with Gasteiger partial charge in [-0.1, -0.05) is 152 Å². The number of phenolic OH excluding ortho intramolecular Hbond substituents is 1. The minimum atomic E-state index is -3.63. The van der Waals surface area contributed by atoms with E-state index >= 15 is 0 Å². The lowest BCUT2D eigenvalue weighted by Crippen LogP contribution is -2.12. The zero-order valence-electron chi connectivity index (χ0n) is 52.6. The first-order valence-corrected chi connectivity index (χ1v) is 19.2. The molecule has 0 aliphatic rings. The van der Waals surface area contributed by atoms with Crippen LogP contribution in [-0.2, 0) is 16.2 Å². The molecule has 4 heteroatoms. The molecule has 1 N–H and O–H groups in total. The molecule has 2 aromatic heterocycles. The summed E-state index contributed by atoms with van der Waals surface area (Å²) in [6, 6.07) is 24.3. The van der Waals surface area contributed by atoms with Gasteiger partial charge in [0.15, 0.2) is 0 Å². The number of phenols is 1. The van der Waals surface area contributed by atoms with E-state index in [1.54, 1.807) is 34.9 Å². The Bertz CT molecular complexity index is 3620. The highest BCUT2D eigenvalue weighted by Gasteiger charge is 2.26. The van der Waals surface area contributed by atoms with Gasteiger partial charge in [0.05, 0.1) is 37.6 Å². The van der Waals surface area contributed by atoms with Gasteiger partial charge in [0.25, 0.3) is 0 Å². The van der Waals surface area contributed by atoms with E-state index in [0.717, 1.165) is 29.3 Å². The van der Waals surface area contributed by atoms with E-state index in [-0.39, 0.29) is 33.6 Å². The molecule has 0 atom stereocenters. The van der Waals surface area contributed by atoms with Crippen molar-refractivity contribution in [3.63, 3.8) is 0 Å². The van der Waals surface area contributed by atoms with E-state index in [9.17, 15) is 6.48 Å². The molecule has 8 aromatic rings. The first-order chi connectivity index (χ1) is 35.8. The summed E-state index contributed by atoms with van der Waals surface area (Å²) in [5, 5.41) is 12.0. The molecular formula is C55H55N3O. The molecule has 0 saturated carbocycles. The molecular weight excluding hydrogens is 719 g/mol. The SMILES string of the molecule is [2H]c1nc(-c2cc(-c3cccc4c3nc(-c3cc(C(C([2H])([2H])[2H])(C([2H])([2H])[2H])C([2H])([2H])[2H])ccc3O)n4-c3ccc(C(C)(C)C)cc3-c3ccccc3)cc(C(C)(C)C)c2)c([2H])c(-c2c([2H])c([2H])c(C([2H])([2H])[2H])c([2H])c2[2H])c1[2H]. The number of aromatic hydroxyl groups is 1. The van der Waals surface area contributed by atoms with Gasteiger partial charge in [0.1, 0.15) is 11.6 Å². The number of fused-ring (bicyclic) bond motifs is 1. The van der Waals surface area contributed by atoms with Crippen LogP contribution in [0, 0.1) is 6.85 Å². The summed E-state index contributed by atoms with van der Waals surface area (Å²) in [4.78, 5) is 9.60. The Balaban J connectivity index is 1.49. The van der Waals surface area contributed by atoms with Crippen molar-refractivity contribution in [1.82, 2.24) is 14.5 Å². The van der Waals surface area contributed by atoms with Crippen LogP contribution in [0.2, 0.25) is 0 Å². The maximum absolute atomic E-state index is 12.0. The maximum Gasteiger partial charge on any atom is 0.149 e. The number of aromatic nitrogens is 3. The van der Waals surface area contributed by atoms with Crippen molar-refractivity contribution in [3.8, 4) is 67.5 Å². The van der Waals surface area contributed by atoms with Crippen molar-refractivity contribution in [3.05, 3.63) is 168 Å². The molecule has 0 fully saturated rings. The Morgan fingerprint density at radius 1 is 0.576 bits per heavy atom. The molecule has 0 amide bonds. The molecule has 59 heavy (non-hydrogen) atoms. The fourth-order valence-electron chi connectivity index (χ4n) is 7.12. The van der Waals surface area contributed by atoms with E-state index in [0.29, 0.717) is 33.5 Å². The predicted molar refractivity (Wildman–Crippen MR) is 249 cm³/mol. The number of hydrogen-bond acceptors (Lipinski definition) is 3. The Hall–Kier alpha value is -6.26. The van der Waals surface area contributed by atoms with Crippen LogP contribution >= 0.6 is 0 Å². The molecule has 8 rings (SSSR count). The lowest BCUT2D eigenvalue weighted by atomic mass is 9.83. The van der Waals surface area contributed by atoms with Crippen LogP contribution in [0.25, 0.3) is 72.7 Å². The third-order valence-corrected chi connectivity index (χ3v) is 10.4. The van der Waals surface area contributed by atoms with Gasteiger partial charge < -0.3 is 5.11 Å². The van der Waals surface area contributed by atoms with Crippen molar-refractivity contribution >= 4 is 11.0 Å². The molecule has 0 aliphatic heterocycles. The number of rotatable bonds is 6. The number of hydrogen-bond donors (Lipinski definition) is 1. The van der Waals surface area contributed by atoms with Crippen LogP contribution in [0.15, 0.2) is 146 Å². The fraction of sp³-hybridized carbons (Fsp3) is 0.236. The van der Waals surface area contributed by atoms with E-state index in [2.05, 4.69) is 25.8 Å². The molecule has 296 valence electrons. The number of pyridine rings is 1. The highest BCUT2D eigenvalue weighted by molar-refractivity contribution is 5.97. The third kappa shape index (κ3) is 7.84. The van der Waals surface area contributed by atoms with Gasteiger partial charge in [-0.25, -0.2) is 4.98 Å². The Morgan fingerprint density at radius 3 is 1.98 bits per heavy atom. The van der Waals surface area contributed by atoms with Crippen molar-refractivity contribution < 1.29 is 31.2 Å². The van der Waals surface area contributed by atoms with Gasteiger partial charge in [-0.3, -0.25) is 9.55 Å². The quantitative estimate of drug-likeness (QED) is 0.182. The van der Waals surface area contributed by atoms with E-state index in [4.69, 9.17) is 29.7 Å². The van der Waals surface area contributed by atoms with Crippen molar-refractivity contribution in [2.24, 2.45) is 0 Å². The summed E-state index contributed by atoms with van der Waals surface area (Å²) in [6.45, 7) is -1.95. The monoisotopic (exact) mass is 793 g/mol. The smallest absolute Gasteiger partial charge is 0.149 e. The third-order valence-electron chi connectivity index (χ3n) is 10.4. The van der Waals surface area contributed by atoms with Gasteiger partial charge in [-0.15, -0.1) is 0 Å². The summed E-state index contributed by atoms with van der Waals surface area (Å²) >= 11 is 0. The van der Waals surface area contributed by atoms with E-state index in [1.807, 2.05) is 75.4 Å². The lowest BCUT2D eigenvalue weighted by molar-refractivity contribution is 0.475. The summed E-state index contributed by atoms with van der Waals surface area (Å²) in [6.07, 6.45) is -0.672. The van der Waals surface area contributed by atoms with Crippen LogP contribution < -0.4 is 0 Å². The molecule has 4 nitrogen and oxygen atoms in total. The Labute approximate surface area is 377 Å². The maximum atomic E-state index is 12.0. The summed E-state index contributed by atoms with van der Waals surface area (Å²) in [7, 11) is 0. The average Bonchev–Trinajstić information content (AvgIpc) is 3.75. The number of benzene rings is 6. The molecule has 0 spiro atoms. The van der Waals surface area contributed by atoms with Crippen molar-refractivity contribution in [2.75, 3.05) is 0 Å². The zero-order chi connectivity index (χ0) is 57.9. The van der Waals surface area contributed by atoms with Crippen LogP contribution in [0.1, 0.15) is 110 Å². The number of nitrogens with zero attached hydrogens (tertiary/aromatic N) is 3.